The van der Waals surface area contributed by atoms with E-state index in [1.54, 1.807) is 6.07 Å². The molecule has 0 atom stereocenters. The highest BCUT2D eigenvalue weighted by molar-refractivity contribution is 6.18. The molecule has 0 aliphatic carbocycles. The zero-order valence-corrected chi connectivity index (χ0v) is 13.0. The molecule has 0 amide bonds. The Labute approximate surface area is 140 Å². The predicted octanol–water partition coefficient (Wildman–Crippen LogP) is 6.02. The van der Waals surface area contributed by atoms with Gasteiger partial charge < -0.3 is 9.97 Å². The Morgan fingerprint density at radius 1 is 0.720 bits per heavy atom. The Kier molecular flexibility index (Phi) is 2.76. The van der Waals surface area contributed by atoms with E-state index < -0.39 is 12.6 Å². The summed E-state index contributed by atoms with van der Waals surface area (Å²) >= 11 is 0. The van der Waals surface area contributed by atoms with Gasteiger partial charge in [0.2, 0.25) is 0 Å². The van der Waals surface area contributed by atoms with Gasteiger partial charge in [-0.3, -0.25) is 0 Å². The molecule has 0 unspecified atom stereocenters. The molecule has 0 aliphatic heterocycles. The van der Waals surface area contributed by atoms with Crippen LogP contribution in [0.25, 0.3) is 43.6 Å². The average molecular weight is 338 g/mol. The second-order valence-corrected chi connectivity index (χ2v) is 6.31. The van der Waals surface area contributed by atoms with Gasteiger partial charge in [0, 0.05) is 49.2 Å². The van der Waals surface area contributed by atoms with E-state index in [-0.39, 0.29) is 5.56 Å². The highest BCUT2D eigenvalue weighted by Crippen LogP contribution is 2.39. The minimum Gasteiger partial charge on any atom is -0.354 e. The molecule has 2 heterocycles. The molecule has 2 nitrogen and oxygen atoms in total. The second-order valence-electron chi connectivity index (χ2n) is 6.31. The van der Waals surface area contributed by atoms with Crippen LogP contribution in [0, 0.1) is 0 Å². The van der Waals surface area contributed by atoms with Gasteiger partial charge in [-0.25, -0.2) is 4.39 Å². The predicted molar refractivity (Wildman–Crippen MR) is 95.0 cm³/mol. The summed E-state index contributed by atoms with van der Waals surface area (Å²) in [5.74, 6) is -3.51. The molecule has 0 aliphatic rings. The van der Waals surface area contributed by atoms with Gasteiger partial charge in [-0.05, 0) is 24.3 Å². The molecule has 0 radical (unpaired) electrons. The van der Waals surface area contributed by atoms with Crippen molar-refractivity contribution in [2.24, 2.45) is 0 Å². The van der Waals surface area contributed by atoms with Crippen molar-refractivity contribution >= 4 is 43.6 Å². The Bertz CT molecular complexity index is 1260. The van der Waals surface area contributed by atoms with Crippen LogP contribution >= 0.6 is 0 Å². The van der Waals surface area contributed by atoms with Crippen molar-refractivity contribution in [2.45, 2.75) is 5.92 Å². The maximum absolute atomic E-state index is 14.1. The van der Waals surface area contributed by atoms with Crippen molar-refractivity contribution in [3.63, 3.8) is 0 Å². The maximum atomic E-state index is 14.1. The number of hydrogen-bond acceptors (Lipinski definition) is 0. The van der Waals surface area contributed by atoms with Crippen LogP contribution in [-0.2, 0) is 5.92 Å². The van der Waals surface area contributed by atoms with Crippen LogP contribution in [0.15, 0.2) is 54.6 Å². The molecule has 0 saturated heterocycles. The van der Waals surface area contributed by atoms with E-state index in [4.69, 9.17) is 0 Å². The number of hydrogen-bond donors (Lipinski definition) is 2. The smallest absolute Gasteiger partial charge is 0.301 e. The average Bonchev–Trinajstić information content (AvgIpc) is 3.16. The van der Waals surface area contributed by atoms with E-state index >= 15 is 0 Å². The fourth-order valence-corrected chi connectivity index (χ4v) is 3.68. The number of fused-ring (bicyclic) bond motifs is 6. The van der Waals surface area contributed by atoms with Crippen molar-refractivity contribution in [1.29, 1.82) is 0 Å². The standard InChI is InChI=1S/C20H13F3N2/c21-10-20(22,23)14-5-3-7-16-19(14)13-8-12-11-4-1-2-6-15(11)24-17(12)9-18(13)25-16/h1-9,24-25H,10H2. The minimum absolute atomic E-state index is 0.280. The first kappa shape index (κ1) is 14.4. The number of rotatable bonds is 2. The van der Waals surface area contributed by atoms with E-state index in [1.807, 2.05) is 36.4 Å². The first-order valence-electron chi connectivity index (χ1n) is 7.97. The summed E-state index contributed by atoms with van der Waals surface area (Å²) in [6.45, 7) is -1.71. The third-order valence-electron chi connectivity index (χ3n) is 4.81. The van der Waals surface area contributed by atoms with Gasteiger partial charge in [-0.2, -0.15) is 8.78 Å². The molecular formula is C20H13F3N2. The molecule has 25 heavy (non-hydrogen) atoms. The molecule has 5 heteroatoms. The topological polar surface area (TPSA) is 31.6 Å². The molecule has 0 spiro atoms. The van der Waals surface area contributed by atoms with Gasteiger partial charge in [-0.1, -0.05) is 30.3 Å². The molecule has 5 rings (SSSR count). The molecule has 124 valence electrons. The minimum atomic E-state index is -3.51. The summed E-state index contributed by atoms with van der Waals surface area (Å²) in [5, 5.41) is 3.05. The zero-order chi connectivity index (χ0) is 17.2. The van der Waals surface area contributed by atoms with E-state index in [0.717, 1.165) is 27.3 Å². The highest BCUT2D eigenvalue weighted by atomic mass is 19.3. The zero-order valence-electron chi connectivity index (χ0n) is 13.0. The van der Waals surface area contributed by atoms with Crippen molar-refractivity contribution in [2.75, 3.05) is 6.67 Å². The number of aromatic amines is 2. The Balaban J connectivity index is 1.96. The van der Waals surface area contributed by atoms with Crippen LogP contribution in [0.2, 0.25) is 0 Å². The number of H-pyrrole nitrogens is 2. The van der Waals surface area contributed by atoms with E-state index in [0.29, 0.717) is 16.3 Å². The van der Waals surface area contributed by atoms with E-state index in [1.165, 1.54) is 12.1 Å². The van der Waals surface area contributed by atoms with E-state index in [9.17, 15) is 13.2 Å². The normalized spacial score (nSPS) is 12.8. The monoisotopic (exact) mass is 338 g/mol. The van der Waals surface area contributed by atoms with Gasteiger partial charge >= 0.3 is 5.92 Å². The Morgan fingerprint density at radius 2 is 1.44 bits per heavy atom. The molecule has 0 bridgehead atoms. The second kappa shape index (κ2) is 4.79. The summed E-state index contributed by atoms with van der Waals surface area (Å²) < 4.78 is 41.2. The SMILES string of the molecule is FCC(F)(F)c1cccc2[nH]c3cc4[nH]c5ccccc5c4cc3c12. The molecule has 2 N–H and O–H groups in total. The Morgan fingerprint density at radius 3 is 2.28 bits per heavy atom. The number of para-hydroxylation sites is 1. The van der Waals surface area contributed by atoms with E-state index in [2.05, 4.69) is 9.97 Å². The van der Waals surface area contributed by atoms with Gasteiger partial charge in [-0.15, -0.1) is 0 Å². The third-order valence-corrected chi connectivity index (χ3v) is 4.81. The van der Waals surface area contributed by atoms with Crippen LogP contribution in [0.4, 0.5) is 13.2 Å². The quantitative estimate of drug-likeness (QED) is 0.395. The lowest BCUT2D eigenvalue weighted by Gasteiger charge is -2.13. The summed E-state index contributed by atoms with van der Waals surface area (Å²) in [5.41, 5.74) is 2.97. The number of alkyl halides is 3. The Hall–Kier alpha value is -2.95. The van der Waals surface area contributed by atoms with Crippen LogP contribution < -0.4 is 0 Å². The summed E-state index contributed by atoms with van der Waals surface area (Å²) in [6, 6.07) is 16.2. The van der Waals surface area contributed by atoms with Crippen LogP contribution in [-0.4, -0.2) is 16.6 Å². The van der Waals surface area contributed by atoms with Crippen molar-refractivity contribution in [1.82, 2.24) is 9.97 Å². The number of halogens is 3. The first-order chi connectivity index (χ1) is 12.1. The number of aromatic nitrogens is 2. The van der Waals surface area contributed by atoms with Crippen molar-refractivity contribution in [3.05, 3.63) is 60.2 Å². The molecule has 0 saturated carbocycles. The fourth-order valence-electron chi connectivity index (χ4n) is 3.68. The van der Waals surface area contributed by atoms with Crippen LogP contribution in [0.1, 0.15) is 5.56 Å². The maximum Gasteiger partial charge on any atom is 0.301 e. The number of benzene rings is 3. The lowest BCUT2D eigenvalue weighted by molar-refractivity contribution is -0.0265. The van der Waals surface area contributed by atoms with Gasteiger partial charge in [0.25, 0.3) is 0 Å². The van der Waals surface area contributed by atoms with Crippen molar-refractivity contribution in [3.8, 4) is 0 Å². The molecule has 5 aromatic rings. The first-order valence-corrected chi connectivity index (χ1v) is 7.97. The fraction of sp³-hybridized carbons (Fsp3) is 0.100. The number of nitrogens with one attached hydrogen (secondary N) is 2. The lowest BCUT2D eigenvalue weighted by Crippen LogP contribution is -2.16. The van der Waals surface area contributed by atoms with Crippen LogP contribution in [0.3, 0.4) is 0 Å². The van der Waals surface area contributed by atoms with Crippen LogP contribution in [0.5, 0.6) is 0 Å². The van der Waals surface area contributed by atoms with Gasteiger partial charge in [0.05, 0.1) is 0 Å². The third kappa shape index (κ3) is 1.92. The largest absolute Gasteiger partial charge is 0.354 e. The highest BCUT2D eigenvalue weighted by Gasteiger charge is 2.34. The summed E-state index contributed by atoms with van der Waals surface area (Å²) in [7, 11) is 0. The molecule has 3 aromatic carbocycles. The molecule has 0 fully saturated rings. The van der Waals surface area contributed by atoms with Gasteiger partial charge in [0.1, 0.15) is 0 Å². The summed E-state index contributed by atoms with van der Waals surface area (Å²) in [4.78, 5) is 6.52. The lowest BCUT2D eigenvalue weighted by atomic mass is 10.0. The van der Waals surface area contributed by atoms with Crippen molar-refractivity contribution < 1.29 is 13.2 Å². The molecule has 2 aromatic heterocycles. The van der Waals surface area contributed by atoms with Gasteiger partial charge in [0.15, 0.2) is 6.67 Å². The molecular weight excluding hydrogens is 325 g/mol. The summed E-state index contributed by atoms with van der Waals surface area (Å²) in [6.07, 6.45) is 0.